The molecule has 56 heavy (non-hydrogen) atoms. The van der Waals surface area contributed by atoms with E-state index < -0.39 is 0 Å². The maximum atomic E-state index is 13.6. The van der Waals surface area contributed by atoms with Crippen molar-refractivity contribution in [2.24, 2.45) is 0 Å². The Morgan fingerprint density at radius 3 is 2.45 bits per heavy atom. The highest BCUT2D eigenvalue weighted by atomic mass is 16.5. The fourth-order valence-electron chi connectivity index (χ4n) is 7.66. The molecule has 0 radical (unpaired) electrons. The molecule has 2 aliphatic rings. The Kier molecular flexibility index (Phi) is 12.5. The van der Waals surface area contributed by atoms with Gasteiger partial charge in [-0.05, 0) is 80.1 Å². The van der Waals surface area contributed by atoms with Gasteiger partial charge >= 0.3 is 0 Å². The number of hydrogen-bond acceptors (Lipinski definition) is 10. The van der Waals surface area contributed by atoms with E-state index in [1.54, 1.807) is 25.3 Å². The molecule has 13 heteroatoms. The van der Waals surface area contributed by atoms with Gasteiger partial charge in [0, 0.05) is 87.9 Å². The summed E-state index contributed by atoms with van der Waals surface area (Å²) >= 11 is 0. The number of piperazine rings is 1. The quantitative estimate of drug-likeness (QED) is 0.117. The van der Waals surface area contributed by atoms with Crippen molar-refractivity contribution < 1.29 is 19.1 Å². The summed E-state index contributed by atoms with van der Waals surface area (Å²) in [7, 11) is 1.67. The highest BCUT2D eigenvalue weighted by molar-refractivity contribution is 5.97. The Morgan fingerprint density at radius 2 is 1.71 bits per heavy atom. The lowest BCUT2D eigenvalue weighted by molar-refractivity contribution is 0.0904. The molecule has 0 saturated carbocycles. The number of anilines is 1. The minimum absolute atomic E-state index is 0.157. The van der Waals surface area contributed by atoms with E-state index in [9.17, 15) is 9.59 Å². The molecule has 0 spiro atoms. The van der Waals surface area contributed by atoms with Crippen LogP contribution in [0, 0.1) is 0 Å². The van der Waals surface area contributed by atoms with Crippen molar-refractivity contribution in [3.05, 3.63) is 101 Å². The number of nitrogens with zero attached hydrogens (tertiary/aromatic N) is 5. The third-order valence-electron chi connectivity index (χ3n) is 10.6. The van der Waals surface area contributed by atoms with E-state index in [0.717, 1.165) is 89.4 Å². The van der Waals surface area contributed by atoms with Gasteiger partial charge in [-0.1, -0.05) is 37.3 Å². The average molecular weight is 760 g/mol. The monoisotopic (exact) mass is 759 g/mol. The van der Waals surface area contributed by atoms with Crippen molar-refractivity contribution in [2.45, 2.75) is 78.3 Å². The maximum absolute atomic E-state index is 13.6. The van der Waals surface area contributed by atoms with E-state index in [4.69, 9.17) is 14.5 Å². The summed E-state index contributed by atoms with van der Waals surface area (Å²) in [4.78, 5) is 38.9. The van der Waals surface area contributed by atoms with Crippen LogP contribution >= 0.6 is 0 Å². The number of hydrogen-bond donors (Lipinski definition) is 4. The number of carbonyl (C=O) groups is 2. The van der Waals surface area contributed by atoms with Crippen LogP contribution in [0.2, 0.25) is 0 Å². The standard InChI is InChI=1S/C43H53N9O4/c1-5-36-34(40(48-32-15-19-56-20-16-32)35-25-47-52(6-2)41(35)50-36)24-46-43(54)38-12-8-11-37(49-38)42(53)45-23-29-13-14-39(55-4)33(22-29)31-10-7-9-30(21-31)27-51-18-17-44-28(3)26-51/h7-14,21-22,25,28,32,44H,5-6,15-20,23-24,26-27H2,1-4H3,(H,45,53)(H,46,54)(H,48,50)/t28-/m1/s1. The molecule has 4 N–H and O–H groups in total. The van der Waals surface area contributed by atoms with Crippen LogP contribution in [0.3, 0.4) is 0 Å². The van der Waals surface area contributed by atoms with Gasteiger partial charge < -0.3 is 30.7 Å². The smallest absolute Gasteiger partial charge is 0.270 e. The minimum Gasteiger partial charge on any atom is -0.496 e. The summed E-state index contributed by atoms with van der Waals surface area (Å²) in [6.45, 7) is 12.9. The van der Waals surface area contributed by atoms with Gasteiger partial charge in [0.1, 0.15) is 17.1 Å². The van der Waals surface area contributed by atoms with Crippen LogP contribution in [0.15, 0.2) is 66.9 Å². The number of methoxy groups -OCH3 is 1. The fourth-order valence-corrected chi connectivity index (χ4v) is 7.66. The number of amides is 2. The van der Waals surface area contributed by atoms with E-state index in [1.807, 2.05) is 29.9 Å². The van der Waals surface area contributed by atoms with Gasteiger partial charge in [-0.3, -0.25) is 14.5 Å². The van der Waals surface area contributed by atoms with Crippen LogP contribution in [0.5, 0.6) is 5.75 Å². The second-order valence-corrected chi connectivity index (χ2v) is 14.6. The molecule has 0 aliphatic carbocycles. The molecule has 0 unspecified atom stereocenters. The number of pyridine rings is 2. The van der Waals surface area contributed by atoms with Gasteiger partial charge in [0.05, 0.1) is 24.4 Å². The molecule has 7 rings (SSSR count). The third kappa shape index (κ3) is 9.01. The fraction of sp³-hybridized carbons (Fsp3) is 0.419. The van der Waals surface area contributed by atoms with Crippen LogP contribution in [0.4, 0.5) is 5.69 Å². The molecule has 2 aromatic carbocycles. The zero-order valence-corrected chi connectivity index (χ0v) is 32.9. The predicted molar refractivity (Wildman–Crippen MR) is 218 cm³/mol. The molecule has 2 aliphatic heterocycles. The van der Waals surface area contributed by atoms with Gasteiger partial charge in [-0.15, -0.1) is 0 Å². The summed E-state index contributed by atoms with van der Waals surface area (Å²) in [5, 5.41) is 18.8. The summed E-state index contributed by atoms with van der Waals surface area (Å²) in [5.74, 6) is 0.0114. The topological polar surface area (TPSA) is 148 Å². The van der Waals surface area contributed by atoms with Crippen molar-refractivity contribution in [2.75, 3.05) is 45.3 Å². The zero-order valence-electron chi connectivity index (χ0n) is 32.9. The predicted octanol–water partition coefficient (Wildman–Crippen LogP) is 5.33. The first-order valence-corrected chi connectivity index (χ1v) is 19.8. The van der Waals surface area contributed by atoms with Crippen LogP contribution < -0.4 is 26.0 Å². The number of carbonyl (C=O) groups excluding carboxylic acids is 2. The molecular formula is C43H53N9O4. The average Bonchev–Trinajstić information content (AvgIpc) is 3.65. The van der Waals surface area contributed by atoms with Crippen molar-refractivity contribution in [1.29, 1.82) is 0 Å². The van der Waals surface area contributed by atoms with Crippen LogP contribution in [-0.2, 0) is 37.3 Å². The SMILES string of the molecule is CCc1nc2c(cnn2CC)c(NC2CCOCC2)c1CNC(=O)c1cccc(C(=O)NCc2ccc(OC)c(-c3cccc(CN4CCN[C@H](C)C4)c3)c2)n1. The molecule has 2 fully saturated rings. The molecule has 3 aromatic heterocycles. The lowest BCUT2D eigenvalue weighted by atomic mass is 9.99. The Balaban J connectivity index is 1.03. The summed E-state index contributed by atoms with van der Waals surface area (Å²) < 4.78 is 13.2. The zero-order chi connectivity index (χ0) is 39.0. The van der Waals surface area contributed by atoms with Gasteiger partial charge in [-0.25, -0.2) is 14.6 Å². The van der Waals surface area contributed by atoms with Gasteiger partial charge in [0.25, 0.3) is 11.8 Å². The second kappa shape index (κ2) is 18.1. The lowest BCUT2D eigenvalue weighted by Gasteiger charge is -2.31. The molecule has 294 valence electrons. The van der Waals surface area contributed by atoms with Gasteiger partial charge in [-0.2, -0.15) is 5.10 Å². The number of ether oxygens (including phenoxy) is 2. The van der Waals surface area contributed by atoms with Crippen molar-refractivity contribution in [3.8, 4) is 16.9 Å². The summed E-state index contributed by atoms with van der Waals surface area (Å²) in [5.41, 5.74) is 8.06. The highest BCUT2D eigenvalue weighted by Gasteiger charge is 2.23. The Bertz CT molecular complexity index is 2160. The highest BCUT2D eigenvalue weighted by Crippen LogP contribution is 2.33. The first-order chi connectivity index (χ1) is 27.3. The van der Waals surface area contributed by atoms with Crippen LogP contribution in [-0.4, -0.2) is 88.5 Å². The molecule has 5 heterocycles. The third-order valence-corrected chi connectivity index (χ3v) is 10.6. The molecule has 1 atom stereocenters. The molecule has 0 bridgehead atoms. The van der Waals surface area contributed by atoms with E-state index in [2.05, 4.69) is 80.4 Å². The van der Waals surface area contributed by atoms with Gasteiger partial charge in [0.2, 0.25) is 0 Å². The Hall–Kier alpha value is -5.37. The summed E-state index contributed by atoms with van der Waals surface area (Å²) in [6, 6.07) is 20.1. The van der Waals surface area contributed by atoms with E-state index in [1.165, 1.54) is 5.56 Å². The van der Waals surface area contributed by atoms with Crippen LogP contribution in [0.25, 0.3) is 22.2 Å². The molecule has 2 saturated heterocycles. The Morgan fingerprint density at radius 1 is 0.946 bits per heavy atom. The van der Waals surface area contributed by atoms with E-state index in [-0.39, 0.29) is 42.3 Å². The first-order valence-electron chi connectivity index (χ1n) is 19.8. The second-order valence-electron chi connectivity index (χ2n) is 14.6. The maximum Gasteiger partial charge on any atom is 0.270 e. The number of aryl methyl sites for hydroxylation is 2. The molecule has 13 nitrogen and oxygen atoms in total. The molecule has 5 aromatic rings. The lowest BCUT2D eigenvalue weighted by Crippen LogP contribution is -2.48. The van der Waals surface area contributed by atoms with Crippen molar-refractivity contribution in [1.82, 2.24) is 40.6 Å². The summed E-state index contributed by atoms with van der Waals surface area (Å²) in [6.07, 6.45) is 4.32. The Labute approximate surface area is 328 Å². The first kappa shape index (κ1) is 38.9. The number of fused-ring (bicyclic) bond motifs is 1. The van der Waals surface area contributed by atoms with Crippen molar-refractivity contribution >= 4 is 28.5 Å². The van der Waals surface area contributed by atoms with Gasteiger partial charge in [0.15, 0.2) is 5.65 Å². The van der Waals surface area contributed by atoms with E-state index in [0.29, 0.717) is 32.2 Å². The molecular weight excluding hydrogens is 707 g/mol. The number of rotatable bonds is 14. The molecule has 2 amide bonds. The normalized spacial score (nSPS) is 16.5. The van der Waals surface area contributed by atoms with Crippen LogP contribution in [0.1, 0.15) is 77.0 Å². The van der Waals surface area contributed by atoms with E-state index >= 15 is 0 Å². The number of aromatic nitrogens is 4. The largest absolute Gasteiger partial charge is 0.496 e. The number of nitrogens with one attached hydrogen (secondary N) is 4. The number of benzene rings is 2. The van der Waals surface area contributed by atoms with Crippen molar-refractivity contribution in [3.63, 3.8) is 0 Å². The minimum atomic E-state index is -0.378.